The van der Waals surface area contributed by atoms with Gasteiger partial charge in [-0.15, -0.1) is 0 Å². The van der Waals surface area contributed by atoms with Crippen LogP contribution in [0.15, 0.2) is 47.5 Å². The number of aromatic nitrogens is 2. The molecule has 0 radical (unpaired) electrons. The van der Waals surface area contributed by atoms with Crippen molar-refractivity contribution in [3.8, 4) is 0 Å². The summed E-state index contributed by atoms with van der Waals surface area (Å²) in [5, 5.41) is 15.7. The molecule has 0 aliphatic heterocycles. The van der Waals surface area contributed by atoms with Gasteiger partial charge in [0.25, 0.3) is 0 Å². The monoisotopic (exact) mass is 264 g/mol. The third kappa shape index (κ3) is 3.02. The van der Waals surface area contributed by atoms with Crippen molar-refractivity contribution in [3.05, 3.63) is 48.3 Å². The van der Waals surface area contributed by atoms with Crippen molar-refractivity contribution >= 4 is 15.7 Å². The predicted molar refractivity (Wildman–Crippen MR) is 67.2 cm³/mol. The normalized spacial score (nSPS) is 11.2. The van der Waals surface area contributed by atoms with Crippen LogP contribution in [0.1, 0.15) is 5.69 Å². The van der Waals surface area contributed by atoms with Gasteiger partial charge in [-0.3, -0.25) is 0 Å². The van der Waals surface area contributed by atoms with E-state index in [2.05, 4.69) is 15.5 Å². The summed E-state index contributed by atoms with van der Waals surface area (Å²) in [4.78, 5) is 0.0638. The SMILES string of the molecule is NS(=O)(=O)c1ccccc1NCc1cccnn1. The number of sulfonamides is 1. The van der Waals surface area contributed by atoms with Crippen molar-refractivity contribution in [1.82, 2.24) is 10.2 Å². The van der Waals surface area contributed by atoms with E-state index in [1.807, 2.05) is 0 Å². The number of para-hydroxylation sites is 1. The van der Waals surface area contributed by atoms with Crippen molar-refractivity contribution in [1.29, 1.82) is 0 Å². The standard InChI is InChI=1S/C11H12N4O2S/c12-18(16,17)11-6-2-1-5-10(11)13-8-9-4-3-7-14-15-9/h1-7,13H,8H2,(H2,12,16,17). The molecule has 1 aromatic heterocycles. The van der Waals surface area contributed by atoms with Gasteiger partial charge in [-0.2, -0.15) is 10.2 Å². The zero-order valence-corrected chi connectivity index (χ0v) is 10.3. The lowest BCUT2D eigenvalue weighted by atomic mass is 10.3. The van der Waals surface area contributed by atoms with Gasteiger partial charge < -0.3 is 5.32 Å². The first-order valence-electron chi connectivity index (χ1n) is 5.19. The molecule has 7 heteroatoms. The minimum absolute atomic E-state index is 0.0638. The molecule has 0 atom stereocenters. The zero-order valence-electron chi connectivity index (χ0n) is 9.45. The third-order valence-electron chi connectivity index (χ3n) is 2.28. The van der Waals surface area contributed by atoms with Crippen molar-refractivity contribution in [2.75, 3.05) is 5.32 Å². The number of primary sulfonamides is 1. The lowest BCUT2D eigenvalue weighted by Gasteiger charge is -2.09. The van der Waals surface area contributed by atoms with Gasteiger partial charge in [-0.05, 0) is 24.3 Å². The summed E-state index contributed by atoms with van der Waals surface area (Å²) in [5.41, 5.74) is 1.16. The molecular formula is C11H12N4O2S. The van der Waals surface area contributed by atoms with Crippen molar-refractivity contribution in [2.45, 2.75) is 11.4 Å². The maximum Gasteiger partial charge on any atom is 0.240 e. The van der Waals surface area contributed by atoms with Crippen LogP contribution >= 0.6 is 0 Å². The molecule has 0 aliphatic rings. The van der Waals surface area contributed by atoms with Crippen molar-refractivity contribution in [2.24, 2.45) is 5.14 Å². The van der Waals surface area contributed by atoms with Gasteiger partial charge in [-0.1, -0.05) is 12.1 Å². The molecule has 0 saturated heterocycles. The van der Waals surface area contributed by atoms with Crippen molar-refractivity contribution < 1.29 is 8.42 Å². The van der Waals surface area contributed by atoms with E-state index in [0.29, 0.717) is 17.9 Å². The number of hydrogen-bond donors (Lipinski definition) is 2. The molecule has 0 bridgehead atoms. The second kappa shape index (κ2) is 5.11. The first-order chi connectivity index (χ1) is 8.57. The molecule has 94 valence electrons. The van der Waals surface area contributed by atoms with Crippen LogP contribution in [0.5, 0.6) is 0 Å². The molecule has 3 N–H and O–H groups in total. The van der Waals surface area contributed by atoms with Crippen LogP contribution in [0.25, 0.3) is 0 Å². The van der Waals surface area contributed by atoms with E-state index in [1.54, 1.807) is 36.5 Å². The molecule has 2 rings (SSSR count). The van der Waals surface area contributed by atoms with Crippen LogP contribution in [0.2, 0.25) is 0 Å². The van der Waals surface area contributed by atoms with Crippen LogP contribution in [0.3, 0.4) is 0 Å². The fourth-order valence-corrected chi connectivity index (χ4v) is 2.19. The van der Waals surface area contributed by atoms with Gasteiger partial charge in [0, 0.05) is 6.20 Å². The fourth-order valence-electron chi connectivity index (χ4n) is 1.47. The molecule has 0 saturated carbocycles. The quantitative estimate of drug-likeness (QED) is 0.848. The third-order valence-corrected chi connectivity index (χ3v) is 3.25. The van der Waals surface area contributed by atoms with E-state index < -0.39 is 10.0 Å². The van der Waals surface area contributed by atoms with Crippen molar-refractivity contribution in [3.63, 3.8) is 0 Å². The van der Waals surface area contributed by atoms with Crippen LogP contribution in [0, 0.1) is 0 Å². The number of hydrogen-bond acceptors (Lipinski definition) is 5. The Kier molecular flexibility index (Phi) is 3.54. The van der Waals surface area contributed by atoms with Crippen LogP contribution in [0.4, 0.5) is 5.69 Å². The van der Waals surface area contributed by atoms with E-state index in [-0.39, 0.29) is 4.90 Å². The summed E-state index contributed by atoms with van der Waals surface area (Å²) in [5.74, 6) is 0. The Balaban J connectivity index is 2.20. The number of benzene rings is 1. The lowest BCUT2D eigenvalue weighted by Crippen LogP contribution is -2.15. The summed E-state index contributed by atoms with van der Waals surface area (Å²) < 4.78 is 22.7. The predicted octanol–water partition coefficient (Wildman–Crippen LogP) is 0.736. The first kappa shape index (κ1) is 12.5. The Labute approximate surface area is 105 Å². The second-order valence-electron chi connectivity index (χ2n) is 3.61. The van der Waals surface area contributed by atoms with Gasteiger partial charge in [0.2, 0.25) is 10.0 Å². The van der Waals surface area contributed by atoms with Gasteiger partial charge >= 0.3 is 0 Å². The maximum absolute atomic E-state index is 11.4. The van der Waals surface area contributed by atoms with E-state index in [1.165, 1.54) is 6.07 Å². The Morgan fingerprint density at radius 2 is 1.94 bits per heavy atom. The molecule has 0 fully saturated rings. The molecule has 2 aromatic rings. The maximum atomic E-state index is 11.4. The molecule has 0 unspecified atom stereocenters. The molecule has 1 aromatic carbocycles. The lowest BCUT2D eigenvalue weighted by molar-refractivity contribution is 0.598. The number of nitrogens with two attached hydrogens (primary N) is 1. The summed E-state index contributed by atoms with van der Waals surface area (Å²) in [6, 6.07) is 10.0. The topological polar surface area (TPSA) is 98.0 Å². The smallest absolute Gasteiger partial charge is 0.240 e. The van der Waals surface area contributed by atoms with Crippen LogP contribution < -0.4 is 10.5 Å². The highest BCUT2D eigenvalue weighted by atomic mass is 32.2. The highest BCUT2D eigenvalue weighted by Crippen LogP contribution is 2.19. The Morgan fingerprint density at radius 3 is 2.61 bits per heavy atom. The number of rotatable bonds is 4. The number of nitrogens with one attached hydrogen (secondary N) is 1. The average Bonchev–Trinajstić information content (AvgIpc) is 2.37. The molecular weight excluding hydrogens is 252 g/mol. The summed E-state index contributed by atoms with van der Waals surface area (Å²) in [7, 11) is -3.74. The number of nitrogens with zero attached hydrogens (tertiary/aromatic N) is 2. The fraction of sp³-hybridized carbons (Fsp3) is 0.0909. The molecule has 6 nitrogen and oxygen atoms in total. The van der Waals surface area contributed by atoms with Crippen LogP contribution in [-0.4, -0.2) is 18.6 Å². The Hall–Kier alpha value is -1.99. The molecule has 0 amide bonds. The zero-order chi connectivity index (χ0) is 13.0. The van der Waals surface area contributed by atoms with E-state index in [4.69, 9.17) is 5.14 Å². The summed E-state index contributed by atoms with van der Waals surface area (Å²) in [6.45, 7) is 0.375. The average molecular weight is 264 g/mol. The van der Waals surface area contributed by atoms with Gasteiger partial charge in [0.15, 0.2) is 0 Å². The largest absolute Gasteiger partial charge is 0.378 e. The minimum atomic E-state index is -3.74. The Bertz CT molecular complexity index is 629. The van der Waals surface area contributed by atoms with E-state index in [0.717, 1.165) is 0 Å². The van der Waals surface area contributed by atoms with Gasteiger partial charge in [-0.25, -0.2) is 13.6 Å². The molecule has 1 heterocycles. The molecule has 0 spiro atoms. The second-order valence-corrected chi connectivity index (χ2v) is 5.14. The summed E-state index contributed by atoms with van der Waals surface area (Å²) in [6.07, 6.45) is 1.57. The first-order valence-corrected chi connectivity index (χ1v) is 6.74. The van der Waals surface area contributed by atoms with Gasteiger partial charge in [0.05, 0.1) is 17.9 Å². The minimum Gasteiger partial charge on any atom is -0.378 e. The van der Waals surface area contributed by atoms with Crippen LogP contribution in [-0.2, 0) is 16.6 Å². The highest BCUT2D eigenvalue weighted by Gasteiger charge is 2.12. The summed E-state index contributed by atoms with van der Waals surface area (Å²) >= 11 is 0. The highest BCUT2D eigenvalue weighted by molar-refractivity contribution is 7.89. The Morgan fingerprint density at radius 1 is 1.17 bits per heavy atom. The van der Waals surface area contributed by atoms with E-state index >= 15 is 0 Å². The molecule has 0 aliphatic carbocycles. The number of anilines is 1. The molecule has 18 heavy (non-hydrogen) atoms. The van der Waals surface area contributed by atoms with E-state index in [9.17, 15) is 8.42 Å². The van der Waals surface area contributed by atoms with Gasteiger partial charge in [0.1, 0.15) is 4.90 Å².